The van der Waals surface area contributed by atoms with Gasteiger partial charge in [0.05, 0.1) is 0 Å². The van der Waals surface area contributed by atoms with Crippen LogP contribution >= 0.6 is 11.6 Å². The summed E-state index contributed by atoms with van der Waals surface area (Å²) in [5, 5.41) is 3.48. The summed E-state index contributed by atoms with van der Waals surface area (Å²) in [4.78, 5) is 31.7. The van der Waals surface area contributed by atoms with Crippen molar-refractivity contribution < 1.29 is 14.0 Å². The summed E-state index contributed by atoms with van der Waals surface area (Å²) in [7, 11) is 0. The maximum absolute atomic E-state index is 13.4. The van der Waals surface area contributed by atoms with Crippen molar-refractivity contribution >= 4 is 23.5 Å². The van der Waals surface area contributed by atoms with Crippen molar-refractivity contribution in [1.29, 1.82) is 0 Å². The zero-order chi connectivity index (χ0) is 25.3. The van der Waals surface area contributed by atoms with Crippen molar-refractivity contribution in [1.82, 2.24) is 20.0 Å². The first kappa shape index (κ1) is 25.7. The van der Waals surface area contributed by atoms with Gasteiger partial charge >= 0.3 is 6.03 Å². The summed E-state index contributed by atoms with van der Waals surface area (Å²) in [6.07, 6.45) is 0. The topological polar surface area (TPSA) is 55.9 Å². The number of benzene rings is 3. The molecule has 0 atom stereocenters. The van der Waals surface area contributed by atoms with Gasteiger partial charge in [0.2, 0.25) is 0 Å². The minimum Gasteiger partial charge on any atom is -0.334 e. The smallest absolute Gasteiger partial charge is 0.317 e. The number of amides is 3. The summed E-state index contributed by atoms with van der Waals surface area (Å²) >= 11 is 6.11. The largest absolute Gasteiger partial charge is 0.334 e. The average molecular weight is 509 g/mol. The normalized spacial score (nSPS) is 13.9. The number of carbonyl (C=O) groups excluding carboxylic acids is 2. The van der Waals surface area contributed by atoms with E-state index in [2.05, 4.69) is 10.2 Å². The van der Waals surface area contributed by atoms with E-state index in [-0.39, 0.29) is 17.8 Å². The monoisotopic (exact) mass is 508 g/mol. The number of halogens is 2. The van der Waals surface area contributed by atoms with Crippen LogP contribution in [0.3, 0.4) is 0 Å². The van der Waals surface area contributed by atoms with E-state index in [1.54, 1.807) is 41.3 Å². The van der Waals surface area contributed by atoms with E-state index >= 15 is 0 Å². The van der Waals surface area contributed by atoms with Crippen LogP contribution < -0.4 is 5.32 Å². The van der Waals surface area contributed by atoms with Gasteiger partial charge in [0.15, 0.2) is 0 Å². The van der Waals surface area contributed by atoms with Gasteiger partial charge in [-0.05, 0) is 41.5 Å². The number of carbonyl (C=O) groups is 2. The molecule has 1 aliphatic rings. The van der Waals surface area contributed by atoms with Crippen LogP contribution in [0.5, 0.6) is 0 Å². The van der Waals surface area contributed by atoms with Crippen LogP contribution in [0.2, 0.25) is 5.02 Å². The molecule has 0 saturated carbocycles. The van der Waals surface area contributed by atoms with Gasteiger partial charge in [-0.2, -0.15) is 0 Å². The molecule has 0 aliphatic carbocycles. The highest BCUT2D eigenvalue weighted by molar-refractivity contribution is 6.30. The Balaban J connectivity index is 1.31. The molecule has 0 bridgehead atoms. The third-order valence-electron chi connectivity index (χ3n) is 6.28. The Morgan fingerprint density at radius 1 is 0.889 bits per heavy atom. The van der Waals surface area contributed by atoms with Crippen molar-refractivity contribution in [2.45, 2.75) is 13.1 Å². The van der Waals surface area contributed by atoms with Crippen molar-refractivity contribution in [3.63, 3.8) is 0 Å². The highest BCUT2D eigenvalue weighted by Crippen LogP contribution is 2.16. The molecule has 6 nitrogen and oxygen atoms in total. The SMILES string of the molecule is O=C(NCc1ccccc1)N1CCN(CCN(Cc2ccc(F)cc2)C(=O)c2cccc(Cl)c2)CC1. The Bertz CT molecular complexity index is 1150. The second kappa shape index (κ2) is 12.5. The lowest BCUT2D eigenvalue weighted by molar-refractivity contribution is 0.0703. The molecule has 0 spiro atoms. The molecule has 1 heterocycles. The standard InChI is InChI=1S/C28H30ClFN4O2/c29-25-8-4-7-24(19-25)27(35)34(21-23-9-11-26(30)12-10-23)18-15-32-13-16-33(17-14-32)28(36)31-20-22-5-2-1-3-6-22/h1-12,19H,13-18,20-21H2,(H,31,36). The van der Waals surface area contributed by atoms with Gasteiger partial charge in [-0.25, -0.2) is 9.18 Å². The fourth-order valence-corrected chi connectivity index (χ4v) is 4.38. The van der Waals surface area contributed by atoms with Crippen LogP contribution in [0.4, 0.5) is 9.18 Å². The first-order valence-electron chi connectivity index (χ1n) is 12.1. The minimum atomic E-state index is -0.308. The Morgan fingerprint density at radius 3 is 2.31 bits per heavy atom. The van der Waals surface area contributed by atoms with E-state index in [1.165, 1.54) is 12.1 Å². The number of hydrogen-bond donors (Lipinski definition) is 1. The maximum Gasteiger partial charge on any atom is 0.317 e. The molecule has 3 aromatic rings. The van der Waals surface area contributed by atoms with Crippen molar-refractivity contribution in [2.75, 3.05) is 39.3 Å². The lowest BCUT2D eigenvalue weighted by atomic mass is 10.1. The van der Waals surface area contributed by atoms with Gasteiger partial charge in [0.25, 0.3) is 5.91 Å². The third-order valence-corrected chi connectivity index (χ3v) is 6.51. The molecule has 0 radical (unpaired) electrons. The van der Waals surface area contributed by atoms with Crippen LogP contribution in [0, 0.1) is 5.82 Å². The molecule has 1 aliphatic heterocycles. The highest BCUT2D eigenvalue weighted by Gasteiger charge is 2.23. The zero-order valence-corrected chi connectivity index (χ0v) is 20.8. The number of nitrogens with one attached hydrogen (secondary N) is 1. The number of nitrogens with zero attached hydrogens (tertiary/aromatic N) is 3. The molecule has 3 amide bonds. The highest BCUT2D eigenvalue weighted by atomic mass is 35.5. The Hall–Kier alpha value is -3.42. The predicted molar refractivity (Wildman–Crippen MR) is 139 cm³/mol. The fourth-order valence-electron chi connectivity index (χ4n) is 4.19. The summed E-state index contributed by atoms with van der Waals surface area (Å²) in [5.74, 6) is -0.433. The second-order valence-corrected chi connectivity index (χ2v) is 9.27. The van der Waals surface area contributed by atoms with Gasteiger partial charge in [0, 0.05) is 62.9 Å². The van der Waals surface area contributed by atoms with Crippen LogP contribution in [0.25, 0.3) is 0 Å². The zero-order valence-electron chi connectivity index (χ0n) is 20.1. The molecular formula is C28H30ClFN4O2. The van der Waals surface area contributed by atoms with E-state index in [9.17, 15) is 14.0 Å². The Morgan fingerprint density at radius 2 is 1.61 bits per heavy atom. The lowest BCUT2D eigenvalue weighted by Gasteiger charge is -2.36. The van der Waals surface area contributed by atoms with Gasteiger partial charge in [-0.15, -0.1) is 0 Å². The van der Waals surface area contributed by atoms with Gasteiger partial charge in [-0.1, -0.05) is 60.1 Å². The molecule has 4 rings (SSSR count). The number of hydrogen-bond acceptors (Lipinski definition) is 3. The number of piperazine rings is 1. The van der Waals surface area contributed by atoms with Crippen LogP contribution in [-0.2, 0) is 13.1 Å². The molecule has 3 aromatic carbocycles. The molecule has 0 aromatic heterocycles. The predicted octanol–water partition coefficient (Wildman–Crippen LogP) is 4.65. The third kappa shape index (κ3) is 7.29. The van der Waals surface area contributed by atoms with Gasteiger partial charge in [0.1, 0.15) is 5.82 Å². The van der Waals surface area contributed by atoms with E-state index in [0.29, 0.717) is 49.9 Å². The molecule has 1 N–H and O–H groups in total. The molecule has 36 heavy (non-hydrogen) atoms. The summed E-state index contributed by atoms with van der Waals surface area (Å²) in [6, 6.07) is 22.9. The van der Waals surface area contributed by atoms with E-state index in [4.69, 9.17) is 11.6 Å². The fraction of sp³-hybridized carbons (Fsp3) is 0.286. The summed E-state index contributed by atoms with van der Waals surface area (Å²) in [6.45, 7) is 4.76. The molecule has 0 unspecified atom stereocenters. The first-order chi connectivity index (χ1) is 17.5. The van der Waals surface area contributed by atoms with Crippen molar-refractivity contribution in [2.24, 2.45) is 0 Å². The molecule has 8 heteroatoms. The lowest BCUT2D eigenvalue weighted by Crippen LogP contribution is -2.52. The average Bonchev–Trinajstić information content (AvgIpc) is 2.91. The molecule has 188 valence electrons. The summed E-state index contributed by atoms with van der Waals surface area (Å²) < 4.78 is 13.4. The molecule has 1 saturated heterocycles. The van der Waals surface area contributed by atoms with E-state index < -0.39 is 0 Å². The molecular weight excluding hydrogens is 479 g/mol. The van der Waals surface area contributed by atoms with E-state index in [0.717, 1.165) is 24.2 Å². The van der Waals surface area contributed by atoms with Gasteiger partial charge < -0.3 is 15.1 Å². The first-order valence-corrected chi connectivity index (χ1v) is 12.4. The summed E-state index contributed by atoms with van der Waals surface area (Å²) in [5.41, 5.74) is 2.44. The quantitative estimate of drug-likeness (QED) is 0.482. The second-order valence-electron chi connectivity index (χ2n) is 8.84. The van der Waals surface area contributed by atoms with Crippen LogP contribution in [0.15, 0.2) is 78.9 Å². The van der Waals surface area contributed by atoms with Crippen molar-refractivity contribution in [3.8, 4) is 0 Å². The van der Waals surface area contributed by atoms with E-state index in [1.807, 2.05) is 35.2 Å². The van der Waals surface area contributed by atoms with Crippen LogP contribution in [-0.4, -0.2) is 65.9 Å². The minimum absolute atomic E-state index is 0.0624. The number of rotatable bonds is 8. The number of urea groups is 1. The Labute approximate surface area is 216 Å². The van der Waals surface area contributed by atoms with Crippen LogP contribution in [0.1, 0.15) is 21.5 Å². The molecule has 1 fully saturated rings. The maximum atomic E-state index is 13.4. The Kier molecular flexibility index (Phi) is 8.92. The van der Waals surface area contributed by atoms with Crippen molar-refractivity contribution in [3.05, 3.63) is 106 Å². The van der Waals surface area contributed by atoms with Gasteiger partial charge in [-0.3, -0.25) is 9.69 Å².